The summed E-state index contributed by atoms with van der Waals surface area (Å²) in [6.07, 6.45) is 2.82. The average Bonchev–Trinajstić information content (AvgIpc) is 2.91. The van der Waals surface area contributed by atoms with Gasteiger partial charge in [0.1, 0.15) is 0 Å². The standard InChI is InChI=1S/C21H28O6S/c1-13-9-10-17-14(2)18(28(22,23)15-7-5-4-6-8-15)24-19-21(17)16(13)11-12-20(3,25-19)26-27-21/h4-8,13-14,16-19H,9-12H2,1-3H3/t13-,14+,16+,17+,18-,19-,20+,21-/m1/s1. The molecule has 0 unspecified atom stereocenters. The maximum atomic E-state index is 13.4. The Hall–Kier alpha value is -0.990. The molecule has 154 valence electrons. The van der Waals surface area contributed by atoms with E-state index in [0.29, 0.717) is 12.3 Å². The van der Waals surface area contributed by atoms with E-state index < -0.39 is 33.0 Å². The van der Waals surface area contributed by atoms with Gasteiger partial charge in [0.05, 0.1) is 4.90 Å². The van der Waals surface area contributed by atoms with E-state index in [2.05, 4.69) is 6.92 Å². The third kappa shape index (κ3) is 2.50. The minimum atomic E-state index is -3.66. The molecular formula is C21H28O6S. The summed E-state index contributed by atoms with van der Waals surface area (Å²) >= 11 is 0. The zero-order valence-electron chi connectivity index (χ0n) is 16.5. The molecule has 0 aromatic heterocycles. The van der Waals surface area contributed by atoms with Gasteiger partial charge in [0, 0.05) is 18.3 Å². The Balaban J connectivity index is 1.59. The quantitative estimate of drug-likeness (QED) is 0.696. The molecule has 6 rings (SSSR count). The Kier molecular flexibility index (Phi) is 4.24. The monoisotopic (exact) mass is 408 g/mol. The minimum Gasteiger partial charge on any atom is -0.329 e. The van der Waals surface area contributed by atoms with Crippen molar-refractivity contribution in [1.82, 2.24) is 0 Å². The Labute approximate surface area is 166 Å². The molecule has 5 fully saturated rings. The van der Waals surface area contributed by atoms with Crippen molar-refractivity contribution in [2.75, 3.05) is 0 Å². The summed E-state index contributed by atoms with van der Waals surface area (Å²) in [5.41, 5.74) is -1.70. The second-order valence-corrected chi connectivity index (χ2v) is 11.2. The van der Waals surface area contributed by atoms with E-state index in [1.54, 1.807) is 24.3 Å². The van der Waals surface area contributed by atoms with E-state index in [-0.39, 0.29) is 22.6 Å². The first-order valence-electron chi connectivity index (χ1n) is 10.3. The van der Waals surface area contributed by atoms with Crippen molar-refractivity contribution in [2.24, 2.45) is 23.7 Å². The predicted octanol–water partition coefficient (Wildman–Crippen LogP) is 3.67. The molecule has 1 spiro atoms. The van der Waals surface area contributed by atoms with Gasteiger partial charge in [-0.3, -0.25) is 0 Å². The molecule has 0 radical (unpaired) electrons. The zero-order chi connectivity index (χ0) is 19.7. The van der Waals surface area contributed by atoms with Gasteiger partial charge in [0.15, 0.2) is 17.3 Å². The molecule has 4 heterocycles. The summed E-state index contributed by atoms with van der Waals surface area (Å²) in [6.45, 7) is 6.06. The van der Waals surface area contributed by atoms with Crippen molar-refractivity contribution in [2.45, 2.75) is 74.5 Å². The van der Waals surface area contributed by atoms with Crippen LogP contribution in [-0.4, -0.2) is 31.5 Å². The lowest BCUT2D eigenvalue weighted by Crippen LogP contribution is -2.71. The summed E-state index contributed by atoms with van der Waals surface area (Å²) in [5.74, 6) is -0.461. The fourth-order valence-electron chi connectivity index (χ4n) is 5.97. The molecule has 0 N–H and O–H groups in total. The molecule has 0 amide bonds. The Morgan fingerprint density at radius 1 is 1.00 bits per heavy atom. The number of benzene rings is 1. The highest BCUT2D eigenvalue weighted by Gasteiger charge is 2.70. The van der Waals surface area contributed by atoms with Crippen LogP contribution in [0.15, 0.2) is 35.2 Å². The molecule has 4 saturated heterocycles. The number of rotatable bonds is 2. The van der Waals surface area contributed by atoms with Crippen LogP contribution >= 0.6 is 0 Å². The van der Waals surface area contributed by atoms with E-state index in [1.807, 2.05) is 19.9 Å². The number of hydrogen-bond acceptors (Lipinski definition) is 6. The molecule has 1 aliphatic carbocycles. The van der Waals surface area contributed by atoms with Gasteiger partial charge in [-0.15, -0.1) is 0 Å². The van der Waals surface area contributed by atoms with Gasteiger partial charge in [0.25, 0.3) is 0 Å². The molecule has 8 atom stereocenters. The van der Waals surface area contributed by atoms with Gasteiger partial charge in [-0.1, -0.05) is 32.0 Å². The molecule has 7 heteroatoms. The maximum Gasteiger partial charge on any atom is 0.205 e. The summed E-state index contributed by atoms with van der Waals surface area (Å²) in [5, 5.41) is 0. The average molecular weight is 409 g/mol. The number of sulfone groups is 1. The second-order valence-electron chi connectivity index (χ2n) is 9.13. The van der Waals surface area contributed by atoms with E-state index >= 15 is 0 Å². The molecule has 6 nitrogen and oxygen atoms in total. The molecule has 28 heavy (non-hydrogen) atoms. The van der Waals surface area contributed by atoms with Crippen molar-refractivity contribution >= 4 is 9.84 Å². The lowest BCUT2D eigenvalue weighted by atomic mass is 9.58. The van der Waals surface area contributed by atoms with Crippen LogP contribution in [0.1, 0.15) is 46.5 Å². The molecule has 1 saturated carbocycles. The highest BCUT2D eigenvalue weighted by Crippen LogP contribution is 2.61. The third-order valence-corrected chi connectivity index (χ3v) is 9.56. The van der Waals surface area contributed by atoms with Gasteiger partial charge in [-0.05, 0) is 50.2 Å². The summed E-state index contributed by atoms with van der Waals surface area (Å²) in [7, 11) is -3.66. The SMILES string of the molecule is C[C@H]1[C@@H]2CC[C@@H](C)[C@@H]3CC[C@]4(C)OO[C@@]23[C@H](O[C@@H]1S(=O)(=O)c1ccccc1)O4. The Morgan fingerprint density at radius 2 is 1.75 bits per heavy atom. The molecule has 1 aromatic carbocycles. The van der Waals surface area contributed by atoms with Crippen LogP contribution in [0, 0.1) is 23.7 Å². The fourth-order valence-corrected chi connectivity index (χ4v) is 7.78. The third-order valence-electron chi connectivity index (χ3n) is 7.47. The van der Waals surface area contributed by atoms with E-state index in [0.717, 1.165) is 19.3 Å². The van der Waals surface area contributed by atoms with Crippen LogP contribution in [0.3, 0.4) is 0 Å². The number of ether oxygens (including phenoxy) is 2. The van der Waals surface area contributed by atoms with Gasteiger partial charge >= 0.3 is 0 Å². The van der Waals surface area contributed by atoms with Crippen molar-refractivity contribution in [3.8, 4) is 0 Å². The molecule has 1 aromatic rings. The van der Waals surface area contributed by atoms with Crippen molar-refractivity contribution < 1.29 is 27.7 Å². The molecule has 4 aliphatic heterocycles. The maximum absolute atomic E-state index is 13.4. The predicted molar refractivity (Wildman–Crippen MR) is 100 cm³/mol. The van der Waals surface area contributed by atoms with Crippen molar-refractivity contribution in [1.29, 1.82) is 0 Å². The Bertz CT molecular complexity index is 857. The number of fused-ring (bicyclic) bond motifs is 2. The van der Waals surface area contributed by atoms with Crippen LogP contribution in [-0.2, 0) is 29.1 Å². The summed E-state index contributed by atoms with van der Waals surface area (Å²) in [6, 6.07) is 8.54. The summed E-state index contributed by atoms with van der Waals surface area (Å²) < 4.78 is 39.3. The topological polar surface area (TPSA) is 71.1 Å². The lowest BCUT2D eigenvalue weighted by Gasteiger charge is -2.60. The highest BCUT2D eigenvalue weighted by molar-refractivity contribution is 7.92. The van der Waals surface area contributed by atoms with Gasteiger partial charge < -0.3 is 9.47 Å². The zero-order valence-corrected chi connectivity index (χ0v) is 17.4. The van der Waals surface area contributed by atoms with E-state index in [9.17, 15) is 8.42 Å². The van der Waals surface area contributed by atoms with Crippen LogP contribution < -0.4 is 0 Å². The first kappa shape index (κ1) is 19.0. The van der Waals surface area contributed by atoms with E-state index in [1.165, 1.54) is 0 Å². The van der Waals surface area contributed by atoms with Gasteiger partial charge in [-0.2, -0.15) is 0 Å². The van der Waals surface area contributed by atoms with E-state index in [4.69, 9.17) is 19.2 Å². The van der Waals surface area contributed by atoms with Crippen LogP contribution in [0.25, 0.3) is 0 Å². The lowest BCUT2D eigenvalue weighted by molar-refractivity contribution is -0.568. The Morgan fingerprint density at radius 3 is 2.50 bits per heavy atom. The normalized spacial score (nSPS) is 48.0. The van der Waals surface area contributed by atoms with Crippen LogP contribution in [0.5, 0.6) is 0 Å². The largest absolute Gasteiger partial charge is 0.329 e. The fraction of sp³-hybridized carbons (Fsp3) is 0.714. The summed E-state index contributed by atoms with van der Waals surface area (Å²) in [4.78, 5) is 12.1. The van der Waals surface area contributed by atoms with Crippen molar-refractivity contribution in [3.05, 3.63) is 30.3 Å². The van der Waals surface area contributed by atoms with Crippen LogP contribution in [0.2, 0.25) is 0 Å². The smallest absolute Gasteiger partial charge is 0.205 e. The van der Waals surface area contributed by atoms with Gasteiger partial charge in [-0.25, -0.2) is 18.2 Å². The molecule has 5 aliphatic rings. The highest BCUT2D eigenvalue weighted by atomic mass is 32.2. The second kappa shape index (κ2) is 6.25. The molecular weight excluding hydrogens is 380 g/mol. The minimum absolute atomic E-state index is 0.00131. The first-order valence-corrected chi connectivity index (χ1v) is 11.8. The first-order chi connectivity index (χ1) is 13.3. The number of hydrogen-bond donors (Lipinski definition) is 0. The molecule has 2 bridgehead atoms. The van der Waals surface area contributed by atoms with Crippen LogP contribution in [0.4, 0.5) is 0 Å². The van der Waals surface area contributed by atoms with Gasteiger partial charge in [0.2, 0.25) is 15.6 Å². The van der Waals surface area contributed by atoms with Crippen molar-refractivity contribution in [3.63, 3.8) is 0 Å².